The molecule has 0 spiro atoms. The van der Waals surface area contributed by atoms with E-state index in [1.54, 1.807) is 12.1 Å². The third kappa shape index (κ3) is 2.25. The highest BCUT2D eigenvalue weighted by atomic mass is 79.9. The SMILES string of the molecule is CCC[C@@H](N)c1ccc(Br)c(F)c1O. The first-order valence-corrected chi connectivity index (χ1v) is 5.29. The zero-order chi connectivity index (χ0) is 10.7. The molecule has 0 aromatic heterocycles. The van der Waals surface area contributed by atoms with Crippen molar-refractivity contribution in [2.45, 2.75) is 25.8 Å². The normalized spacial score (nSPS) is 12.9. The predicted octanol–water partition coefficient (Wildman–Crippen LogP) is 3.09. The maximum absolute atomic E-state index is 13.2. The third-order valence-corrected chi connectivity index (χ3v) is 2.71. The van der Waals surface area contributed by atoms with Crippen LogP contribution in [0.2, 0.25) is 0 Å². The van der Waals surface area contributed by atoms with Crippen LogP contribution >= 0.6 is 15.9 Å². The summed E-state index contributed by atoms with van der Waals surface area (Å²) in [5, 5.41) is 9.49. The summed E-state index contributed by atoms with van der Waals surface area (Å²) < 4.78 is 13.5. The van der Waals surface area contributed by atoms with Crippen LogP contribution in [0.15, 0.2) is 16.6 Å². The number of rotatable bonds is 3. The second-order valence-corrected chi connectivity index (χ2v) is 4.05. The number of hydrogen-bond donors (Lipinski definition) is 2. The van der Waals surface area contributed by atoms with E-state index in [1.807, 2.05) is 6.92 Å². The Balaban J connectivity index is 3.04. The molecule has 0 aliphatic rings. The van der Waals surface area contributed by atoms with E-state index in [0.717, 1.165) is 12.8 Å². The number of phenols is 1. The van der Waals surface area contributed by atoms with E-state index < -0.39 is 5.82 Å². The van der Waals surface area contributed by atoms with E-state index in [9.17, 15) is 9.50 Å². The summed E-state index contributed by atoms with van der Waals surface area (Å²) in [6.45, 7) is 1.99. The van der Waals surface area contributed by atoms with Crippen molar-refractivity contribution in [3.05, 3.63) is 28.0 Å². The Morgan fingerprint density at radius 3 is 2.79 bits per heavy atom. The first-order valence-electron chi connectivity index (χ1n) is 4.50. The second kappa shape index (κ2) is 4.75. The Bertz CT molecular complexity index is 330. The highest BCUT2D eigenvalue weighted by Gasteiger charge is 2.15. The van der Waals surface area contributed by atoms with Gasteiger partial charge in [-0.2, -0.15) is 0 Å². The van der Waals surface area contributed by atoms with Crippen molar-refractivity contribution < 1.29 is 9.50 Å². The van der Waals surface area contributed by atoms with Crippen molar-refractivity contribution in [3.63, 3.8) is 0 Å². The van der Waals surface area contributed by atoms with Crippen LogP contribution in [0.4, 0.5) is 4.39 Å². The van der Waals surface area contributed by atoms with Crippen molar-refractivity contribution in [1.29, 1.82) is 0 Å². The molecule has 0 fully saturated rings. The fourth-order valence-electron chi connectivity index (χ4n) is 1.32. The van der Waals surface area contributed by atoms with E-state index in [1.165, 1.54) is 0 Å². The highest BCUT2D eigenvalue weighted by molar-refractivity contribution is 9.10. The molecular weight excluding hydrogens is 249 g/mol. The van der Waals surface area contributed by atoms with Crippen LogP contribution in [-0.2, 0) is 0 Å². The van der Waals surface area contributed by atoms with E-state index in [0.29, 0.717) is 5.56 Å². The van der Waals surface area contributed by atoms with Crippen molar-refractivity contribution in [3.8, 4) is 5.75 Å². The molecule has 0 saturated heterocycles. The minimum atomic E-state index is -0.644. The lowest BCUT2D eigenvalue weighted by atomic mass is 10.0. The predicted molar refractivity (Wildman–Crippen MR) is 57.6 cm³/mol. The maximum atomic E-state index is 13.2. The minimum Gasteiger partial charge on any atom is -0.505 e. The fourth-order valence-corrected chi connectivity index (χ4v) is 1.64. The number of hydrogen-bond acceptors (Lipinski definition) is 2. The summed E-state index contributed by atoms with van der Waals surface area (Å²) in [5.41, 5.74) is 6.25. The van der Waals surface area contributed by atoms with Crippen molar-refractivity contribution in [2.24, 2.45) is 5.73 Å². The van der Waals surface area contributed by atoms with E-state index in [-0.39, 0.29) is 16.3 Å². The number of phenolic OH excluding ortho intramolecular Hbond substituents is 1. The number of nitrogens with two attached hydrogens (primary N) is 1. The van der Waals surface area contributed by atoms with E-state index >= 15 is 0 Å². The summed E-state index contributed by atoms with van der Waals surface area (Å²) in [5.74, 6) is -0.991. The summed E-state index contributed by atoms with van der Waals surface area (Å²) in [6.07, 6.45) is 1.63. The van der Waals surface area contributed by atoms with Gasteiger partial charge in [0.05, 0.1) is 4.47 Å². The molecular formula is C10H13BrFNO. The van der Waals surface area contributed by atoms with Gasteiger partial charge in [-0.1, -0.05) is 19.4 Å². The highest BCUT2D eigenvalue weighted by Crippen LogP contribution is 2.32. The maximum Gasteiger partial charge on any atom is 0.179 e. The lowest BCUT2D eigenvalue weighted by Gasteiger charge is -2.13. The second-order valence-electron chi connectivity index (χ2n) is 3.19. The van der Waals surface area contributed by atoms with Crippen LogP contribution in [-0.4, -0.2) is 5.11 Å². The van der Waals surface area contributed by atoms with E-state index in [4.69, 9.17) is 5.73 Å². The van der Waals surface area contributed by atoms with Gasteiger partial charge in [-0.3, -0.25) is 0 Å². The molecule has 78 valence electrons. The lowest BCUT2D eigenvalue weighted by Crippen LogP contribution is -2.10. The van der Waals surface area contributed by atoms with Crippen LogP contribution in [0.3, 0.4) is 0 Å². The Hall–Kier alpha value is -0.610. The number of aromatic hydroxyl groups is 1. The molecule has 1 atom stereocenters. The summed E-state index contributed by atoms with van der Waals surface area (Å²) in [4.78, 5) is 0. The molecule has 0 bridgehead atoms. The molecule has 0 unspecified atom stereocenters. The molecule has 2 nitrogen and oxygen atoms in total. The van der Waals surface area contributed by atoms with Gasteiger partial charge in [0.15, 0.2) is 11.6 Å². The van der Waals surface area contributed by atoms with Gasteiger partial charge >= 0.3 is 0 Å². The van der Waals surface area contributed by atoms with Gasteiger partial charge in [-0.15, -0.1) is 0 Å². The molecule has 4 heteroatoms. The van der Waals surface area contributed by atoms with Gasteiger partial charge in [0.2, 0.25) is 0 Å². The van der Waals surface area contributed by atoms with E-state index in [2.05, 4.69) is 15.9 Å². The topological polar surface area (TPSA) is 46.2 Å². The Morgan fingerprint density at radius 1 is 1.57 bits per heavy atom. The van der Waals surface area contributed by atoms with Crippen LogP contribution in [0, 0.1) is 5.82 Å². The minimum absolute atomic E-state index is 0.252. The first kappa shape index (κ1) is 11.5. The zero-order valence-corrected chi connectivity index (χ0v) is 9.51. The average molecular weight is 262 g/mol. The van der Waals surface area contributed by atoms with Gasteiger partial charge in [-0.05, 0) is 28.4 Å². The van der Waals surface area contributed by atoms with Gasteiger partial charge < -0.3 is 10.8 Å². The standard InChI is InChI=1S/C10H13BrFNO/c1-2-3-8(13)6-4-5-7(11)9(12)10(6)14/h4-5,8,14H,2-3,13H2,1H3/t8-/m1/s1. The monoisotopic (exact) mass is 261 g/mol. The fraction of sp³-hybridized carbons (Fsp3) is 0.400. The Kier molecular flexibility index (Phi) is 3.89. The molecule has 0 aliphatic carbocycles. The van der Waals surface area contributed by atoms with Crippen molar-refractivity contribution in [1.82, 2.24) is 0 Å². The van der Waals surface area contributed by atoms with Gasteiger partial charge in [-0.25, -0.2) is 4.39 Å². The first-order chi connectivity index (χ1) is 6.57. The van der Waals surface area contributed by atoms with Crippen LogP contribution < -0.4 is 5.73 Å². The summed E-state index contributed by atoms with van der Waals surface area (Å²) >= 11 is 2.99. The summed E-state index contributed by atoms with van der Waals surface area (Å²) in [6, 6.07) is 2.89. The molecule has 1 aromatic rings. The lowest BCUT2D eigenvalue weighted by molar-refractivity contribution is 0.416. The van der Waals surface area contributed by atoms with Crippen molar-refractivity contribution in [2.75, 3.05) is 0 Å². The van der Waals surface area contributed by atoms with Gasteiger partial charge in [0.25, 0.3) is 0 Å². The largest absolute Gasteiger partial charge is 0.505 e. The molecule has 3 N–H and O–H groups in total. The van der Waals surface area contributed by atoms with Crippen LogP contribution in [0.1, 0.15) is 31.4 Å². The van der Waals surface area contributed by atoms with Gasteiger partial charge in [0, 0.05) is 11.6 Å². The quantitative estimate of drug-likeness (QED) is 0.879. The smallest absolute Gasteiger partial charge is 0.179 e. The molecule has 0 radical (unpaired) electrons. The molecule has 0 heterocycles. The molecule has 14 heavy (non-hydrogen) atoms. The summed E-state index contributed by atoms with van der Waals surface area (Å²) in [7, 11) is 0. The zero-order valence-electron chi connectivity index (χ0n) is 7.93. The van der Waals surface area contributed by atoms with Crippen molar-refractivity contribution >= 4 is 15.9 Å². The number of benzene rings is 1. The van der Waals surface area contributed by atoms with Gasteiger partial charge in [0.1, 0.15) is 0 Å². The average Bonchev–Trinajstić information content (AvgIpc) is 2.15. The Labute approximate surface area is 91.1 Å². The molecule has 1 aromatic carbocycles. The molecule has 0 amide bonds. The van der Waals surface area contributed by atoms with Crippen LogP contribution in [0.5, 0.6) is 5.75 Å². The molecule has 0 saturated carbocycles. The third-order valence-electron chi connectivity index (χ3n) is 2.10. The molecule has 0 aliphatic heterocycles. The molecule has 1 rings (SSSR count). The van der Waals surface area contributed by atoms with Crippen LogP contribution in [0.25, 0.3) is 0 Å². The Morgan fingerprint density at radius 2 is 2.21 bits per heavy atom. The number of halogens is 2.